The number of hydrogen-bond acceptors (Lipinski definition) is 7. The molecule has 2 unspecified atom stereocenters. The molecule has 8 nitrogen and oxygen atoms in total. The first kappa shape index (κ1) is 28.7. The number of nitrogens with one attached hydrogen (secondary N) is 1. The summed E-state index contributed by atoms with van der Waals surface area (Å²) in [5.74, 6) is -3.32. The average Bonchev–Trinajstić information content (AvgIpc) is 3.43. The number of hydrogen-bond donors (Lipinski definition) is 1. The SMILES string of the molecule is COc1ccccc1[C@H]1c2sc(=O)n(CC(=O)Nc3ccccc3)c2SC2C(=O)N(c3cccc(C(F)(F)F)c3)C(=O)C21. The lowest BCUT2D eigenvalue weighted by Gasteiger charge is -2.31. The number of aromatic nitrogens is 1. The van der Waals surface area contributed by atoms with Crippen LogP contribution in [0.2, 0.25) is 0 Å². The number of alkyl halides is 3. The number of halogens is 3. The van der Waals surface area contributed by atoms with E-state index in [4.69, 9.17) is 4.74 Å². The monoisotopic (exact) mass is 625 g/mol. The Kier molecular flexibility index (Phi) is 7.38. The Morgan fingerprint density at radius 3 is 2.40 bits per heavy atom. The zero-order chi connectivity index (χ0) is 30.5. The fourth-order valence-corrected chi connectivity index (χ4v) is 8.22. The molecule has 1 fully saturated rings. The molecule has 3 heterocycles. The molecule has 2 aliphatic heterocycles. The third-order valence-corrected chi connectivity index (χ3v) is 9.92. The summed E-state index contributed by atoms with van der Waals surface area (Å²) in [5, 5.41) is 2.02. The van der Waals surface area contributed by atoms with Crippen LogP contribution in [0.25, 0.3) is 0 Å². The van der Waals surface area contributed by atoms with Crippen LogP contribution in [-0.2, 0) is 27.1 Å². The van der Waals surface area contributed by atoms with Gasteiger partial charge in [0, 0.05) is 22.0 Å². The molecule has 0 aliphatic carbocycles. The summed E-state index contributed by atoms with van der Waals surface area (Å²) in [7, 11) is 1.45. The molecule has 0 bridgehead atoms. The third-order valence-electron chi connectivity index (χ3n) is 7.31. The first-order chi connectivity index (χ1) is 20.6. The maximum Gasteiger partial charge on any atom is 0.416 e. The van der Waals surface area contributed by atoms with Crippen LogP contribution in [0.1, 0.15) is 21.9 Å². The fourth-order valence-electron chi connectivity index (χ4n) is 5.46. The molecular formula is C30H22F3N3O5S2. The van der Waals surface area contributed by atoms with Gasteiger partial charge in [0.25, 0.3) is 0 Å². The molecular weight excluding hydrogens is 603 g/mol. The topological polar surface area (TPSA) is 97.7 Å². The van der Waals surface area contributed by atoms with Crippen molar-refractivity contribution >= 4 is 52.2 Å². The van der Waals surface area contributed by atoms with E-state index in [0.29, 0.717) is 26.9 Å². The van der Waals surface area contributed by atoms with Crippen LogP contribution < -0.4 is 19.8 Å². The van der Waals surface area contributed by atoms with Gasteiger partial charge >= 0.3 is 11.0 Å². The van der Waals surface area contributed by atoms with Crippen molar-refractivity contribution in [2.45, 2.75) is 28.9 Å². The Balaban J connectivity index is 1.44. The number of ether oxygens (including phenoxy) is 1. The highest BCUT2D eigenvalue weighted by Crippen LogP contribution is 2.55. The molecule has 0 radical (unpaired) electrons. The second kappa shape index (κ2) is 11.0. The van der Waals surface area contributed by atoms with Crippen molar-refractivity contribution in [1.29, 1.82) is 0 Å². The normalized spacial score (nSPS) is 19.6. The van der Waals surface area contributed by atoms with Crippen LogP contribution in [0.4, 0.5) is 24.5 Å². The molecule has 1 aromatic heterocycles. The molecule has 0 saturated carbocycles. The predicted molar refractivity (Wildman–Crippen MR) is 156 cm³/mol. The summed E-state index contributed by atoms with van der Waals surface area (Å²) in [4.78, 5) is 54.9. The lowest BCUT2D eigenvalue weighted by Crippen LogP contribution is -2.33. The minimum Gasteiger partial charge on any atom is -0.496 e. The van der Waals surface area contributed by atoms with Crippen molar-refractivity contribution in [2.75, 3.05) is 17.3 Å². The minimum absolute atomic E-state index is 0.193. The highest BCUT2D eigenvalue weighted by Gasteiger charge is 2.57. The van der Waals surface area contributed by atoms with Crippen LogP contribution >= 0.6 is 23.1 Å². The van der Waals surface area contributed by atoms with Gasteiger partial charge in [-0.05, 0) is 36.4 Å². The summed E-state index contributed by atoms with van der Waals surface area (Å²) in [5.41, 5.74) is -0.110. The number of para-hydroxylation sites is 2. The van der Waals surface area contributed by atoms with Gasteiger partial charge in [-0.3, -0.25) is 23.7 Å². The summed E-state index contributed by atoms with van der Waals surface area (Å²) in [6.45, 7) is -0.345. The molecule has 1 saturated heterocycles. The number of carbonyl (C=O) groups excluding carboxylic acids is 3. The minimum atomic E-state index is -4.68. The van der Waals surface area contributed by atoms with E-state index in [0.717, 1.165) is 46.2 Å². The number of carbonyl (C=O) groups is 3. The van der Waals surface area contributed by atoms with E-state index < -0.39 is 51.4 Å². The van der Waals surface area contributed by atoms with Crippen molar-refractivity contribution in [3.8, 4) is 5.75 Å². The van der Waals surface area contributed by atoms with Gasteiger partial charge in [-0.15, -0.1) is 0 Å². The second-order valence-electron chi connectivity index (χ2n) is 9.88. The van der Waals surface area contributed by atoms with Gasteiger partial charge in [0.15, 0.2) is 0 Å². The molecule has 0 spiro atoms. The number of fused-ring (bicyclic) bond motifs is 2. The molecule has 43 heavy (non-hydrogen) atoms. The summed E-state index contributed by atoms with van der Waals surface area (Å²) >= 11 is 1.84. The van der Waals surface area contributed by atoms with Crippen LogP contribution in [0.3, 0.4) is 0 Å². The number of thiazole rings is 1. The highest BCUT2D eigenvalue weighted by molar-refractivity contribution is 8.00. The third kappa shape index (κ3) is 5.12. The first-order valence-electron chi connectivity index (χ1n) is 13.0. The lowest BCUT2D eigenvalue weighted by atomic mass is 9.82. The smallest absolute Gasteiger partial charge is 0.416 e. The molecule has 4 aromatic rings. The molecule has 3 amide bonds. The average molecular weight is 626 g/mol. The Morgan fingerprint density at radius 2 is 1.67 bits per heavy atom. The largest absolute Gasteiger partial charge is 0.496 e. The predicted octanol–water partition coefficient (Wildman–Crippen LogP) is 5.37. The molecule has 13 heteroatoms. The van der Waals surface area contributed by atoms with Crippen LogP contribution in [0.15, 0.2) is 88.7 Å². The Hall–Kier alpha value is -4.36. The zero-order valence-corrected chi connectivity index (χ0v) is 24.0. The molecule has 3 aromatic carbocycles. The van der Waals surface area contributed by atoms with E-state index in [9.17, 15) is 32.3 Å². The number of methoxy groups -OCH3 is 1. The zero-order valence-electron chi connectivity index (χ0n) is 22.3. The van der Waals surface area contributed by atoms with Gasteiger partial charge < -0.3 is 10.1 Å². The quantitative estimate of drug-likeness (QED) is 0.290. The van der Waals surface area contributed by atoms with Crippen molar-refractivity contribution in [2.24, 2.45) is 5.92 Å². The highest BCUT2D eigenvalue weighted by atomic mass is 32.2. The number of amides is 3. The van der Waals surface area contributed by atoms with Gasteiger partial charge in [-0.25, -0.2) is 4.90 Å². The number of anilines is 2. The standard InChI is InChI=1S/C30H22F3N3O5S2/c1-41-20-13-6-5-12-19(20)22-23-24(27(39)36(26(23)38)18-11-7-8-16(14-18)30(31,32)33)42-28-25(22)43-29(40)35(28)15-21(37)34-17-9-3-2-4-10-17/h2-14,22-24H,15H2,1H3,(H,34,37)/t22-,23?,24?/m1/s1. The van der Waals surface area contributed by atoms with Gasteiger partial charge in [0.2, 0.25) is 17.7 Å². The van der Waals surface area contributed by atoms with Crippen molar-refractivity contribution in [3.63, 3.8) is 0 Å². The number of rotatable bonds is 6. The van der Waals surface area contributed by atoms with E-state index in [2.05, 4.69) is 5.32 Å². The summed E-state index contributed by atoms with van der Waals surface area (Å²) in [6.07, 6.45) is -4.68. The van der Waals surface area contributed by atoms with E-state index in [1.54, 1.807) is 54.6 Å². The van der Waals surface area contributed by atoms with E-state index in [1.807, 2.05) is 0 Å². The van der Waals surface area contributed by atoms with Gasteiger partial charge in [0.1, 0.15) is 17.5 Å². The molecule has 3 atom stereocenters. The van der Waals surface area contributed by atoms with Gasteiger partial charge in [-0.2, -0.15) is 13.2 Å². The molecule has 1 N–H and O–H groups in total. The fraction of sp³-hybridized carbons (Fsp3) is 0.200. The number of benzene rings is 3. The Labute approximate surface area is 251 Å². The van der Waals surface area contributed by atoms with Crippen LogP contribution in [-0.4, -0.2) is 34.6 Å². The Bertz CT molecular complexity index is 1800. The Morgan fingerprint density at radius 1 is 0.953 bits per heavy atom. The second-order valence-corrected chi connectivity index (χ2v) is 12.0. The summed E-state index contributed by atoms with van der Waals surface area (Å²) in [6, 6.07) is 19.6. The maximum atomic E-state index is 14.0. The number of nitrogens with zero attached hydrogens (tertiary/aromatic N) is 2. The van der Waals surface area contributed by atoms with E-state index in [1.165, 1.54) is 17.7 Å². The number of imide groups is 1. The molecule has 220 valence electrons. The van der Waals surface area contributed by atoms with E-state index in [-0.39, 0.29) is 12.2 Å². The van der Waals surface area contributed by atoms with Gasteiger partial charge in [-0.1, -0.05) is 65.6 Å². The van der Waals surface area contributed by atoms with E-state index >= 15 is 0 Å². The first-order valence-corrected chi connectivity index (χ1v) is 14.7. The van der Waals surface area contributed by atoms with Crippen molar-refractivity contribution < 1.29 is 32.3 Å². The lowest BCUT2D eigenvalue weighted by molar-refractivity contribution is -0.137. The van der Waals surface area contributed by atoms with Gasteiger partial charge in [0.05, 0.1) is 29.3 Å². The molecule has 6 rings (SSSR count). The maximum absolute atomic E-state index is 14.0. The van der Waals surface area contributed by atoms with Crippen molar-refractivity contribution in [1.82, 2.24) is 4.57 Å². The van der Waals surface area contributed by atoms with Crippen LogP contribution in [0.5, 0.6) is 5.75 Å². The van der Waals surface area contributed by atoms with Crippen LogP contribution in [0, 0.1) is 5.92 Å². The van der Waals surface area contributed by atoms with Crippen molar-refractivity contribution in [3.05, 3.63) is 105 Å². The summed E-state index contributed by atoms with van der Waals surface area (Å²) < 4.78 is 47.4. The molecule has 2 aliphatic rings. The number of thioether (sulfide) groups is 1.